The number of halogens is 1. The number of nitrogens with zero attached hydrogens (tertiary/aromatic N) is 4. The van der Waals surface area contributed by atoms with E-state index < -0.39 is 0 Å². The first kappa shape index (κ1) is 14.6. The van der Waals surface area contributed by atoms with Gasteiger partial charge in [0.15, 0.2) is 0 Å². The van der Waals surface area contributed by atoms with E-state index in [2.05, 4.69) is 26.3 Å². The lowest BCUT2D eigenvalue weighted by molar-refractivity contribution is 0.938. The first-order chi connectivity index (χ1) is 10.7. The third-order valence-corrected chi connectivity index (χ3v) is 4.21. The summed E-state index contributed by atoms with van der Waals surface area (Å²) >= 11 is 6.00. The van der Waals surface area contributed by atoms with Crippen molar-refractivity contribution >= 4 is 28.9 Å². The number of aromatic nitrogens is 2. The van der Waals surface area contributed by atoms with Crippen LogP contribution in [0.25, 0.3) is 0 Å². The Bertz CT molecular complexity index is 715. The molecule has 1 aliphatic rings. The van der Waals surface area contributed by atoms with Crippen molar-refractivity contribution in [1.82, 2.24) is 9.97 Å². The molecule has 1 saturated heterocycles. The van der Waals surface area contributed by atoms with Crippen molar-refractivity contribution in [2.24, 2.45) is 0 Å². The van der Waals surface area contributed by atoms with Crippen LogP contribution in [0.15, 0.2) is 24.5 Å². The SMILES string of the molecule is Cc1c(Cl)cnc(Nc2ccc(N3CCCC3)nc2)c1C#N. The molecule has 6 heteroatoms. The number of hydrogen-bond acceptors (Lipinski definition) is 5. The van der Waals surface area contributed by atoms with E-state index in [1.54, 1.807) is 12.4 Å². The fraction of sp³-hybridized carbons (Fsp3) is 0.312. The van der Waals surface area contributed by atoms with Crippen molar-refractivity contribution in [3.63, 3.8) is 0 Å². The molecular weight excluding hydrogens is 298 g/mol. The summed E-state index contributed by atoms with van der Waals surface area (Å²) in [5.74, 6) is 1.49. The Balaban J connectivity index is 1.82. The minimum atomic E-state index is 0.455. The topological polar surface area (TPSA) is 64.8 Å². The molecule has 1 aliphatic heterocycles. The average molecular weight is 314 g/mol. The molecule has 0 bridgehead atoms. The summed E-state index contributed by atoms with van der Waals surface area (Å²) in [5.41, 5.74) is 1.98. The van der Waals surface area contributed by atoms with Crippen LogP contribution in [0.4, 0.5) is 17.3 Å². The third-order valence-electron chi connectivity index (χ3n) is 3.83. The molecule has 0 aromatic carbocycles. The molecule has 0 radical (unpaired) electrons. The van der Waals surface area contributed by atoms with E-state index in [4.69, 9.17) is 11.6 Å². The van der Waals surface area contributed by atoms with Gasteiger partial charge in [0.2, 0.25) is 0 Å². The lowest BCUT2D eigenvalue weighted by atomic mass is 10.1. The number of anilines is 3. The normalized spacial score (nSPS) is 14.0. The lowest BCUT2D eigenvalue weighted by Gasteiger charge is -2.16. The van der Waals surface area contributed by atoms with Crippen molar-refractivity contribution in [3.05, 3.63) is 40.7 Å². The molecule has 3 rings (SSSR count). The van der Waals surface area contributed by atoms with E-state index in [9.17, 15) is 5.26 Å². The zero-order valence-electron chi connectivity index (χ0n) is 12.3. The lowest BCUT2D eigenvalue weighted by Crippen LogP contribution is -2.18. The molecule has 0 unspecified atom stereocenters. The molecule has 0 saturated carbocycles. The van der Waals surface area contributed by atoms with Gasteiger partial charge in [-0.25, -0.2) is 9.97 Å². The number of rotatable bonds is 3. The molecule has 0 spiro atoms. The van der Waals surface area contributed by atoms with Crippen molar-refractivity contribution in [3.8, 4) is 6.07 Å². The molecule has 0 atom stereocenters. The Morgan fingerprint density at radius 2 is 2.00 bits per heavy atom. The fourth-order valence-electron chi connectivity index (χ4n) is 2.54. The highest BCUT2D eigenvalue weighted by atomic mass is 35.5. The summed E-state index contributed by atoms with van der Waals surface area (Å²) in [5, 5.41) is 12.9. The summed E-state index contributed by atoms with van der Waals surface area (Å²) in [4.78, 5) is 11.0. The Morgan fingerprint density at radius 3 is 2.64 bits per heavy atom. The van der Waals surface area contributed by atoms with E-state index in [1.165, 1.54) is 12.8 Å². The van der Waals surface area contributed by atoms with Gasteiger partial charge in [0.1, 0.15) is 17.7 Å². The molecule has 112 valence electrons. The van der Waals surface area contributed by atoms with Gasteiger partial charge in [-0.05, 0) is 37.5 Å². The van der Waals surface area contributed by atoms with Gasteiger partial charge in [-0.2, -0.15) is 5.26 Å². The summed E-state index contributed by atoms with van der Waals surface area (Å²) in [6.45, 7) is 3.94. The van der Waals surface area contributed by atoms with E-state index >= 15 is 0 Å². The molecule has 1 fully saturated rings. The molecule has 3 heterocycles. The quantitative estimate of drug-likeness (QED) is 0.937. The maximum absolute atomic E-state index is 9.28. The third kappa shape index (κ3) is 2.83. The average Bonchev–Trinajstić information content (AvgIpc) is 3.06. The van der Waals surface area contributed by atoms with Gasteiger partial charge in [-0.1, -0.05) is 11.6 Å². The van der Waals surface area contributed by atoms with Crippen LogP contribution >= 0.6 is 11.6 Å². The minimum Gasteiger partial charge on any atom is -0.357 e. The second-order valence-electron chi connectivity index (χ2n) is 5.29. The molecule has 5 nitrogen and oxygen atoms in total. The smallest absolute Gasteiger partial charge is 0.148 e. The largest absolute Gasteiger partial charge is 0.357 e. The van der Waals surface area contributed by atoms with Gasteiger partial charge in [0.25, 0.3) is 0 Å². The summed E-state index contributed by atoms with van der Waals surface area (Å²) in [6.07, 6.45) is 5.76. The molecule has 0 amide bonds. The molecule has 2 aromatic heterocycles. The number of hydrogen-bond donors (Lipinski definition) is 1. The van der Waals surface area contributed by atoms with Crippen LogP contribution in [-0.4, -0.2) is 23.1 Å². The first-order valence-corrected chi connectivity index (χ1v) is 7.60. The Morgan fingerprint density at radius 1 is 1.23 bits per heavy atom. The van der Waals surface area contributed by atoms with Crippen LogP contribution < -0.4 is 10.2 Å². The van der Waals surface area contributed by atoms with Crippen LogP contribution in [0, 0.1) is 18.3 Å². The predicted octanol–water partition coefficient (Wildman–Crippen LogP) is 3.65. The van der Waals surface area contributed by atoms with Crippen LogP contribution in [0.3, 0.4) is 0 Å². The van der Waals surface area contributed by atoms with E-state index in [1.807, 2.05) is 19.1 Å². The highest BCUT2D eigenvalue weighted by Crippen LogP contribution is 2.26. The summed E-state index contributed by atoms with van der Waals surface area (Å²) < 4.78 is 0. The second-order valence-corrected chi connectivity index (χ2v) is 5.70. The Labute approximate surface area is 134 Å². The molecule has 22 heavy (non-hydrogen) atoms. The zero-order chi connectivity index (χ0) is 15.5. The van der Waals surface area contributed by atoms with Crippen molar-refractivity contribution in [1.29, 1.82) is 5.26 Å². The Kier molecular flexibility index (Phi) is 4.12. The van der Waals surface area contributed by atoms with Gasteiger partial charge in [-0.15, -0.1) is 0 Å². The van der Waals surface area contributed by atoms with E-state index in [-0.39, 0.29) is 0 Å². The molecule has 1 N–H and O–H groups in total. The van der Waals surface area contributed by atoms with E-state index in [0.29, 0.717) is 16.4 Å². The zero-order valence-corrected chi connectivity index (χ0v) is 13.1. The second kappa shape index (κ2) is 6.20. The highest BCUT2D eigenvalue weighted by Gasteiger charge is 2.14. The monoisotopic (exact) mass is 313 g/mol. The van der Waals surface area contributed by atoms with Gasteiger partial charge < -0.3 is 10.2 Å². The van der Waals surface area contributed by atoms with Gasteiger partial charge >= 0.3 is 0 Å². The maximum Gasteiger partial charge on any atom is 0.148 e. The first-order valence-electron chi connectivity index (χ1n) is 7.22. The maximum atomic E-state index is 9.28. The van der Waals surface area contributed by atoms with Gasteiger partial charge in [0, 0.05) is 19.3 Å². The number of nitrogens with one attached hydrogen (secondary N) is 1. The van der Waals surface area contributed by atoms with Crippen molar-refractivity contribution in [2.75, 3.05) is 23.3 Å². The van der Waals surface area contributed by atoms with Crippen LogP contribution in [0.5, 0.6) is 0 Å². The predicted molar refractivity (Wildman–Crippen MR) is 87.7 cm³/mol. The van der Waals surface area contributed by atoms with Crippen molar-refractivity contribution in [2.45, 2.75) is 19.8 Å². The fourth-order valence-corrected chi connectivity index (χ4v) is 2.68. The number of nitriles is 1. The molecule has 2 aromatic rings. The summed E-state index contributed by atoms with van der Waals surface area (Å²) in [6, 6.07) is 6.08. The highest BCUT2D eigenvalue weighted by molar-refractivity contribution is 6.31. The summed E-state index contributed by atoms with van der Waals surface area (Å²) in [7, 11) is 0. The van der Waals surface area contributed by atoms with Gasteiger partial charge in [-0.3, -0.25) is 0 Å². The van der Waals surface area contributed by atoms with Crippen LogP contribution in [-0.2, 0) is 0 Å². The van der Waals surface area contributed by atoms with Crippen molar-refractivity contribution < 1.29 is 0 Å². The van der Waals surface area contributed by atoms with E-state index in [0.717, 1.165) is 30.2 Å². The number of pyridine rings is 2. The standard InChI is InChI=1S/C16H16ClN5/c1-11-13(8-18)16(20-10-14(11)17)21-12-4-5-15(19-9-12)22-6-2-3-7-22/h4-5,9-10H,2-3,6-7H2,1H3,(H,20,21). The van der Waals surface area contributed by atoms with Crippen LogP contribution in [0.2, 0.25) is 5.02 Å². The molecule has 0 aliphatic carbocycles. The van der Waals surface area contributed by atoms with Crippen LogP contribution in [0.1, 0.15) is 24.0 Å². The molecular formula is C16H16ClN5. The Hall–Kier alpha value is -2.32. The van der Waals surface area contributed by atoms with Gasteiger partial charge in [0.05, 0.1) is 22.5 Å². The minimum absolute atomic E-state index is 0.455.